The molecule has 0 aliphatic carbocycles. The number of hydrogen-bond donors (Lipinski definition) is 0. The van der Waals surface area contributed by atoms with E-state index in [1.54, 1.807) is 17.2 Å². The molecular weight excluding hydrogens is 404 g/mol. The van der Waals surface area contributed by atoms with E-state index in [4.69, 9.17) is 0 Å². The molecule has 166 valence electrons. The van der Waals surface area contributed by atoms with Crippen molar-refractivity contribution in [3.63, 3.8) is 0 Å². The van der Waals surface area contributed by atoms with E-state index in [2.05, 4.69) is 54.0 Å². The molecule has 32 heavy (non-hydrogen) atoms. The van der Waals surface area contributed by atoms with Gasteiger partial charge in [-0.1, -0.05) is 18.2 Å². The first-order chi connectivity index (χ1) is 15.8. The minimum Gasteiger partial charge on any atom is -0.368 e. The van der Waals surface area contributed by atoms with Crippen LogP contribution < -0.4 is 9.80 Å². The number of rotatable bonds is 5. The molecule has 0 N–H and O–H groups in total. The van der Waals surface area contributed by atoms with E-state index in [9.17, 15) is 4.79 Å². The van der Waals surface area contributed by atoms with Crippen molar-refractivity contribution < 1.29 is 4.79 Å². The molecule has 0 atom stereocenters. The van der Waals surface area contributed by atoms with Crippen LogP contribution in [0.25, 0.3) is 5.82 Å². The normalized spacial score (nSPS) is 17.6. The topological polar surface area (TPSA) is 73.6 Å². The second-order valence-electron chi connectivity index (χ2n) is 8.15. The summed E-state index contributed by atoms with van der Waals surface area (Å²) in [7, 11) is 0. The minimum absolute atomic E-state index is 0.231. The molecule has 5 rings (SSSR count). The van der Waals surface area contributed by atoms with Gasteiger partial charge in [0.1, 0.15) is 12.1 Å². The average molecular weight is 433 g/mol. The van der Waals surface area contributed by atoms with Gasteiger partial charge in [0.2, 0.25) is 5.91 Å². The highest BCUT2D eigenvalue weighted by Gasteiger charge is 2.25. The van der Waals surface area contributed by atoms with Crippen molar-refractivity contribution in [2.45, 2.75) is 0 Å². The third-order valence-electron chi connectivity index (χ3n) is 6.19. The van der Waals surface area contributed by atoms with Crippen LogP contribution in [-0.2, 0) is 4.79 Å². The van der Waals surface area contributed by atoms with E-state index in [1.807, 2.05) is 29.3 Å². The summed E-state index contributed by atoms with van der Waals surface area (Å²) in [4.78, 5) is 30.5. The van der Waals surface area contributed by atoms with E-state index >= 15 is 0 Å². The maximum absolute atomic E-state index is 12.9. The third-order valence-corrected chi connectivity index (χ3v) is 6.19. The van der Waals surface area contributed by atoms with E-state index in [0.717, 1.165) is 64.0 Å². The maximum atomic E-state index is 12.9. The highest BCUT2D eigenvalue weighted by atomic mass is 16.2. The summed E-state index contributed by atoms with van der Waals surface area (Å²) in [6.07, 6.45) is 5.19. The van der Waals surface area contributed by atoms with Crippen LogP contribution in [0.3, 0.4) is 0 Å². The average Bonchev–Trinajstić information content (AvgIpc) is 3.40. The predicted octanol–water partition coefficient (Wildman–Crippen LogP) is 1.13. The minimum atomic E-state index is 0.231. The molecule has 4 heterocycles. The van der Waals surface area contributed by atoms with Crippen LogP contribution in [0.2, 0.25) is 0 Å². The summed E-state index contributed by atoms with van der Waals surface area (Å²) in [5.74, 6) is 1.88. The Bertz CT molecular complexity index is 1010. The monoisotopic (exact) mass is 432 g/mol. The molecule has 2 aliphatic heterocycles. The summed E-state index contributed by atoms with van der Waals surface area (Å²) in [6.45, 7) is 7.19. The summed E-state index contributed by atoms with van der Waals surface area (Å²) in [6, 6.07) is 14.3. The number of carbonyl (C=O) groups is 1. The van der Waals surface area contributed by atoms with Gasteiger partial charge in [-0.2, -0.15) is 5.10 Å². The second-order valence-corrected chi connectivity index (χ2v) is 8.15. The number of para-hydroxylation sites is 1. The quantitative estimate of drug-likeness (QED) is 0.598. The molecule has 3 aromatic rings. The summed E-state index contributed by atoms with van der Waals surface area (Å²) < 4.78 is 1.73. The number of amides is 1. The van der Waals surface area contributed by atoms with Gasteiger partial charge in [0.05, 0.1) is 6.54 Å². The summed E-state index contributed by atoms with van der Waals surface area (Å²) >= 11 is 0. The predicted molar refractivity (Wildman–Crippen MR) is 123 cm³/mol. The van der Waals surface area contributed by atoms with Crippen LogP contribution in [0.1, 0.15) is 0 Å². The molecule has 0 spiro atoms. The number of hydrogen-bond acceptors (Lipinski definition) is 7. The van der Waals surface area contributed by atoms with E-state index in [1.165, 1.54) is 5.69 Å². The van der Waals surface area contributed by atoms with Gasteiger partial charge < -0.3 is 14.7 Å². The molecule has 2 aromatic heterocycles. The van der Waals surface area contributed by atoms with Gasteiger partial charge in [-0.25, -0.2) is 14.6 Å². The lowest BCUT2D eigenvalue weighted by Crippen LogP contribution is -2.54. The Morgan fingerprint density at radius 3 is 2.25 bits per heavy atom. The van der Waals surface area contributed by atoms with Gasteiger partial charge >= 0.3 is 0 Å². The van der Waals surface area contributed by atoms with Gasteiger partial charge in [-0.05, 0) is 18.2 Å². The number of nitrogens with zero attached hydrogens (tertiary/aromatic N) is 8. The van der Waals surface area contributed by atoms with Crippen molar-refractivity contribution >= 4 is 17.4 Å². The van der Waals surface area contributed by atoms with Gasteiger partial charge in [0.25, 0.3) is 0 Å². The van der Waals surface area contributed by atoms with Gasteiger partial charge in [-0.15, -0.1) is 0 Å². The van der Waals surface area contributed by atoms with Gasteiger partial charge in [0.15, 0.2) is 5.82 Å². The molecule has 0 saturated carbocycles. The van der Waals surface area contributed by atoms with E-state index in [-0.39, 0.29) is 5.91 Å². The smallest absolute Gasteiger partial charge is 0.236 e. The largest absolute Gasteiger partial charge is 0.368 e. The van der Waals surface area contributed by atoms with Crippen molar-refractivity contribution in [1.82, 2.24) is 29.5 Å². The molecule has 2 aliphatic rings. The zero-order valence-electron chi connectivity index (χ0n) is 18.1. The van der Waals surface area contributed by atoms with Crippen molar-refractivity contribution in [2.75, 3.05) is 68.7 Å². The molecule has 0 radical (unpaired) electrons. The Labute approximate surface area is 187 Å². The third kappa shape index (κ3) is 4.57. The zero-order chi connectivity index (χ0) is 21.8. The van der Waals surface area contributed by atoms with E-state index in [0.29, 0.717) is 6.54 Å². The molecule has 1 aromatic carbocycles. The van der Waals surface area contributed by atoms with Crippen LogP contribution >= 0.6 is 0 Å². The molecule has 1 amide bonds. The lowest BCUT2D eigenvalue weighted by molar-refractivity contribution is -0.132. The fourth-order valence-electron chi connectivity index (χ4n) is 4.32. The first kappa shape index (κ1) is 20.4. The Balaban J connectivity index is 1.10. The van der Waals surface area contributed by atoms with Crippen LogP contribution in [-0.4, -0.2) is 94.4 Å². The number of piperazine rings is 2. The van der Waals surface area contributed by atoms with Crippen molar-refractivity contribution in [3.05, 3.63) is 61.2 Å². The van der Waals surface area contributed by atoms with Crippen molar-refractivity contribution in [1.29, 1.82) is 0 Å². The Kier molecular flexibility index (Phi) is 5.98. The SMILES string of the molecule is O=C(CN1CCN(c2cc(-n3cccn3)ncn2)CC1)N1CCN(c2ccccc2)CC1. The Hall–Kier alpha value is -3.46. The van der Waals surface area contributed by atoms with Crippen LogP contribution in [0.15, 0.2) is 61.2 Å². The van der Waals surface area contributed by atoms with Gasteiger partial charge in [-0.3, -0.25) is 9.69 Å². The van der Waals surface area contributed by atoms with Gasteiger partial charge in [0, 0.05) is 76.5 Å². The fourth-order valence-corrected chi connectivity index (χ4v) is 4.32. The number of benzene rings is 1. The van der Waals surface area contributed by atoms with Crippen molar-refractivity contribution in [3.8, 4) is 5.82 Å². The Morgan fingerprint density at radius 2 is 1.53 bits per heavy atom. The first-order valence-corrected chi connectivity index (χ1v) is 11.1. The number of anilines is 2. The van der Waals surface area contributed by atoms with Crippen LogP contribution in [0, 0.1) is 0 Å². The molecule has 9 heteroatoms. The lowest BCUT2D eigenvalue weighted by atomic mass is 10.2. The zero-order valence-corrected chi connectivity index (χ0v) is 18.1. The highest BCUT2D eigenvalue weighted by molar-refractivity contribution is 5.78. The molecule has 9 nitrogen and oxygen atoms in total. The summed E-state index contributed by atoms with van der Waals surface area (Å²) in [5.41, 5.74) is 1.23. The Morgan fingerprint density at radius 1 is 0.812 bits per heavy atom. The van der Waals surface area contributed by atoms with Crippen LogP contribution in [0.5, 0.6) is 0 Å². The molecule has 2 saturated heterocycles. The second kappa shape index (κ2) is 9.35. The molecule has 0 unspecified atom stereocenters. The van der Waals surface area contributed by atoms with Crippen LogP contribution in [0.4, 0.5) is 11.5 Å². The van der Waals surface area contributed by atoms with E-state index < -0.39 is 0 Å². The first-order valence-electron chi connectivity index (χ1n) is 11.1. The maximum Gasteiger partial charge on any atom is 0.236 e. The standard InChI is InChI=1S/C23H28N8O/c32-23(30-15-13-28(14-16-30)20-5-2-1-3-6-20)18-27-9-11-29(12-10-27)21-17-22(25-19-24-21)31-8-4-7-26-31/h1-8,17,19H,9-16,18H2. The molecular formula is C23H28N8O. The summed E-state index contributed by atoms with van der Waals surface area (Å²) in [5, 5.41) is 4.24. The molecule has 0 bridgehead atoms. The highest BCUT2D eigenvalue weighted by Crippen LogP contribution is 2.17. The number of carbonyl (C=O) groups excluding carboxylic acids is 1. The van der Waals surface area contributed by atoms with Crippen molar-refractivity contribution in [2.24, 2.45) is 0 Å². The molecule has 2 fully saturated rings. The number of aromatic nitrogens is 4. The fraction of sp³-hybridized carbons (Fsp3) is 0.391. The lowest BCUT2D eigenvalue weighted by Gasteiger charge is -2.39.